The molecular formula is C15H24FN3. The molecule has 0 spiro atoms. The maximum absolute atomic E-state index is 13.2. The zero-order chi connectivity index (χ0) is 13.7. The summed E-state index contributed by atoms with van der Waals surface area (Å²) in [5, 5.41) is 3.60. The van der Waals surface area contributed by atoms with E-state index >= 15 is 0 Å². The lowest BCUT2D eigenvalue weighted by Gasteiger charge is -2.40. The van der Waals surface area contributed by atoms with Gasteiger partial charge in [0.2, 0.25) is 0 Å². The Kier molecular flexibility index (Phi) is 5.28. The SMILES string of the molecule is CCCC1CNC(CC)CN1Cc1cncc(F)c1. The van der Waals surface area contributed by atoms with E-state index in [1.807, 2.05) is 0 Å². The summed E-state index contributed by atoms with van der Waals surface area (Å²) in [6.07, 6.45) is 6.54. The Morgan fingerprint density at radius 3 is 2.95 bits per heavy atom. The lowest BCUT2D eigenvalue weighted by Crippen LogP contribution is -2.55. The molecule has 1 N–H and O–H groups in total. The Balaban J connectivity index is 2.04. The van der Waals surface area contributed by atoms with Crippen LogP contribution in [0.15, 0.2) is 18.5 Å². The highest BCUT2D eigenvalue weighted by molar-refractivity contribution is 5.10. The third-order valence-electron chi connectivity index (χ3n) is 3.88. The van der Waals surface area contributed by atoms with Crippen LogP contribution in [0.3, 0.4) is 0 Å². The molecule has 0 amide bonds. The second kappa shape index (κ2) is 6.96. The van der Waals surface area contributed by atoms with E-state index in [9.17, 15) is 4.39 Å². The van der Waals surface area contributed by atoms with Crippen molar-refractivity contribution in [2.75, 3.05) is 13.1 Å². The molecule has 19 heavy (non-hydrogen) atoms. The van der Waals surface area contributed by atoms with Crippen LogP contribution in [-0.2, 0) is 6.54 Å². The largest absolute Gasteiger partial charge is 0.311 e. The molecule has 1 aromatic heterocycles. The van der Waals surface area contributed by atoms with Crippen LogP contribution in [0.1, 0.15) is 38.7 Å². The molecule has 1 fully saturated rings. The van der Waals surface area contributed by atoms with Crippen LogP contribution in [0.2, 0.25) is 0 Å². The smallest absolute Gasteiger partial charge is 0.141 e. The van der Waals surface area contributed by atoms with Gasteiger partial charge >= 0.3 is 0 Å². The van der Waals surface area contributed by atoms with Crippen molar-refractivity contribution in [3.8, 4) is 0 Å². The first-order valence-electron chi connectivity index (χ1n) is 7.29. The Morgan fingerprint density at radius 2 is 2.26 bits per heavy atom. The van der Waals surface area contributed by atoms with Crippen molar-refractivity contribution in [1.29, 1.82) is 0 Å². The van der Waals surface area contributed by atoms with Gasteiger partial charge in [0.1, 0.15) is 5.82 Å². The van der Waals surface area contributed by atoms with Gasteiger partial charge in [-0.1, -0.05) is 20.3 Å². The first-order chi connectivity index (χ1) is 9.22. The second-order valence-corrected chi connectivity index (χ2v) is 5.40. The van der Waals surface area contributed by atoms with Gasteiger partial charge in [-0.2, -0.15) is 0 Å². The molecule has 0 aliphatic carbocycles. The maximum Gasteiger partial charge on any atom is 0.141 e. The van der Waals surface area contributed by atoms with E-state index in [0.717, 1.165) is 31.6 Å². The molecule has 1 aliphatic rings. The fourth-order valence-electron chi connectivity index (χ4n) is 2.79. The van der Waals surface area contributed by atoms with Gasteiger partial charge in [-0.25, -0.2) is 4.39 Å². The Labute approximate surface area is 115 Å². The molecule has 0 aromatic carbocycles. The lowest BCUT2D eigenvalue weighted by atomic mass is 10.0. The van der Waals surface area contributed by atoms with E-state index in [0.29, 0.717) is 12.1 Å². The van der Waals surface area contributed by atoms with Gasteiger partial charge in [0.25, 0.3) is 0 Å². The van der Waals surface area contributed by atoms with E-state index in [1.165, 1.54) is 19.0 Å². The topological polar surface area (TPSA) is 28.2 Å². The van der Waals surface area contributed by atoms with Crippen LogP contribution in [0.4, 0.5) is 4.39 Å². The molecule has 0 radical (unpaired) electrons. The molecule has 2 atom stereocenters. The van der Waals surface area contributed by atoms with Crippen molar-refractivity contribution in [3.63, 3.8) is 0 Å². The predicted molar refractivity (Wildman–Crippen MR) is 75.4 cm³/mol. The van der Waals surface area contributed by atoms with Gasteiger partial charge in [0, 0.05) is 37.9 Å². The summed E-state index contributed by atoms with van der Waals surface area (Å²) in [6, 6.07) is 2.70. The van der Waals surface area contributed by atoms with Crippen molar-refractivity contribution >= 4 is 0 Å². The molecule has 1 aromatic rings. The van der Waals surface area contributed by atoms with Gasteiger partial charge in [-0.3, -0.25) is 9.88 Å². The molecule has 1 saturated heterocycles. The number of hydrogen-bond donors (Lipinski definition) is 1. The van der Waals surface area contributed by atoms with Crippen molar-refractivity contribution in [2.45, 2.75) is 51.7 Å². The Morgan fingerprint density at radius 1 is 1.42 bits per heavy atom. The fourth-order valence-corrected chi connectivity index (χ4v) is 2.79. The van der Waals surface area contributed by atoms with Gasteiger partial charge < -0.3 is 5.32 Å². The van der Waals surface area contributed by atoms with E-state index < -0.39 is 0 Å². The number of hydrogen-bond acceptors (Lipinski definition) is 3. The van der Waals surface area contributed by atoms with Gasteiger partial charge in [-0.05, 0) is 24.5 Å². The molecular weight excluding hydrogens is 241 g/mol. The number of nitrogens with one attached hydrogen (secondary N) is 1. The molecule has 106 valence electrons. The first kappa shape index (κ1) is 14.4. The standard InChI is InChI=1S/C15H24FN3/c1-3-5-15-9-18-14(4-2)11-19(15)10-12-6-13(16)8-17-7-12/h6-8,14-15,18H,3-5,9-11H2,1-2H3. The summed E-state index contributed by atoms with van der Waals surface area (Å²) in [5.41, 5.74) is 0.970. The number of nitrogens with zero attached hydrogens (tertiary/aromatic N) is 2. The highest BCUT2D eigenvalue weighted by Gasteiger charge is 2.26. The third kappa shape index (κ3) is 3.98. The van der Waals surface area contributed by atoms with Gasteiger partial charge in [-0.15, -0.1) is 0 Å². The van der Waals surface area contributed by atoms with E-state index in [1.54, 1.807) is 12.3 Å². The number of piperazine rings is 1. The van der Waals surface area contributed by atoms with Crippen LogP contribution in [0, 0.1) is 5.82 Å². The molecule has 2 heterocycles. The predicted octanol–water partition coefficient (Wildman–Crippen LogP) is 2.57. The van der Waals surface area contributed by atoms with Gasteiger partial charge in [0.15, 0.2) is 0 Å². The molecule has 2 unspecified atom stereocenters. The van der Waals surface area contributed by atoms with Gasteiger partial charge in [0.05, 0.1) is 6.20 Å². The maximum atomic E-state index is 13.2. The van der Waals surface area contributed by atoms with Crippen molar-refractivity contribution in [1.82, 2.24) is 15.2 Å². The molecule has 0 bridgehead atoms. The Hall–Kier alpha value is -1.00. The monoisotopic (exact) mass is 265 g/mol. The lowest BCUT2D eigenvalue weighted by molar-refractivity contribution is 0.113. The van der Waals surface area contributed by atoms with E-state index in [-0.39, 0.29) is 5.82 Å². The third-order valence-corrected chi connectivity index (χ3v) is 3.88. The summed E-state index contributed by atoms with van der Waals surface area (Å²) in [7, 11) is 0. The highest BCUT2D eigenvalue weighted by Crippen LogP contribution is 2.17. The molecule has 3 nitrogen and oxygen atoms in total. The normalized spacial score (nSPS) is 24.6. The average Bonchev–Trinajstić information content (AvgIpc) is 2.41. The molecule has 2 rings (SSSR count). The zero-order valence-electron chi connectivity index (χ0n) is 11.9. The summed E-state index contributed by atoms with van der Waals surface area (Å²) < 4.78 is 13.2. The zero-order valence-corrected chi connectivity index (χ0v) is 11.9. The second-order valence-electron chi connectivity index (χ2n) is 5.40. The van der Waals surface area contributed by atoms with Crippen LogP contribution in [0.5, 0.6) is 0 Å². The number of rotatable bonds is 5. The summed E-state index contributed by atoms with van der Waals surface area (Å²) in [4.78, 5) is 6.42. The van der Waals surface area contributed by atoms with E-state index in [4.69, 9.17) is 0 Å². The van der Waals surface area contributed by atoms with Crippen LogP contribution in [-0.4, -0.2) is 35.1 Å². The van der Waals surface area contributed by atoms with Crippen molar-refractivity contribution < 1.29 is 4.39 Å². The number of halogens is 1. The van der Waals surface area contributed by atoms with Crippen LogP contribution >= 0.6 is 0 Å². The summed E-state index contributed by atoms with van der Waals surface area (Å²) in [6.45, 7) is 7.30. The molecule has 1 aliphatic heterocycles. The van der Waals surface area contributed by atoms with Crippen LogP contribution < -0.4 is 5.32 Å². The average molecular weight is 265 g/mol. The van der Waals surface area contributed by atoms with Crippen molar-refractivity contribution in [2.24, 2.45) is 0 Å². The quantitative estimate of drug-likeness (QED) is 0.887. The highest BCUT2D eigenvalue weighted by atomic mass is 19.1. The molecule has 4 heteroatoms. The van der Waals surface area contributed by atoms with E-state index in [2.05, 4.69) is 29.0 Å². The summed E-state index contributed by atoms with van der Waals surface area (Å²) in [5.74, 6) is -0.244. The van der Waals surface area contributed by atoms with Crippen LogP contribution in [0.25, 0.3) is 0 Å². The number of pyridine rings is 1. The minimum Gasteiger partial charge on any atom is -0.311 e. The minimum atomic E-state index is -0.244. The minimum absolute atomic E-state index is 0.244. The first-order valence-corrected chi connectivity index (χ1v) is 7.29. The summed E-state index contributed by atoms with van der Waals surface area (Å²) >= 11 is 0. The van der Waals surface area contributed by atoms with Crippen molar-refractivity contribution in [3.05, 3.63) is 29.8 Å². The number of aromatic nitrogens is 1. The Bertz CT molecular complexity index is 397. The molecule has 0 saturated carbocycles. The fraction of sp³-hybridized carbons (Fsp3) is 0.667.